The molecule has 0 aliphatic heterocycles. The Labute approximate surface area is 103 Å². The molecule has 1 nitrogen and oxygen atoms in total. The van der Waals surface area contributed by atoms with E-state index in [9.17, 15) is 4.39 Å². The predicted molar refractivity (Wildman–Crippen MR) is 68.8 cm³/mol. The number of benzene rings is 2. The van der Waals surface area contributed by atoms with Crippen LogP contribution in [0.4, 0.5) is 4.39 Å². The highest BCUT2D eigenvalue weighted by atomic mass is 32.1. The number of hydrogen-bond donors (Lipinski definition) is 0. The Morgan fingerprint density at radius 3 is 2.71 bits per heavy atom. The van der Waals surface area contributed by atoms with Crippen LogP contribution in [-0.4, -0.2) is 4.98 Å². The van der Waals surface area contributed by atoms with Crippen LogP contribution < -0.4 is 0 Å². The van der Waals surface area contributed by atoms with Crippen LogP contribution in [0.3, 0.4) is 0 Å². The maximum atomic E-state index is 13.0. The zero-order valence-electron chi connectivity index (χ0n) is 9.06. The molecule has 1 heterocycles. The van der Waals surface area contributed by atoms with Crippen LogP contribution in [0.2, 0.25) is 0 Å². The summed E-state index contributed by atoms with van der Waals surface area (Å²) in [6.45, 7) is 0. The minimum absolute atomic E-state index is 0.228. The summed E-state index contributed by atoms with van der Waals surface area (Å²) in [6.07, 6.45) is 0.807. The van der Waals surface area contributed by atoms with Crippen molar-refractivity contribution >= 4 is 21.6 Å². The van der Waals surface area contributed by atoms with Gasteiger partial charge in [0.05, 0.1) is 15.2 Å². The molecule has 2 aromatic carbocycles. The Balaban J connectivity index is 1.96. The predicted octanol–water partition coefficient (Wildman–Crippen LogP) is 4.03. The molecule has 0 bridgehead atoms. The number of rotatable bonds is 2. The van der Waals surface area contributed by atoms with Gasteiger partial charge in [0.1, 0.15) is 5.82 Å². The standard InChI is InChI=1S/C14H10FNS/c15-11-6-7-13-12(9-11)16-14(17-13)8-10-4-2-1-3-5-10/h1-7,9H,8H2. The van der Waals surface area contributed by atoms with Crippen LogP contribution in [0.5, 0.6) is 0 Å². The van der Waals surface area contributed by atoms with Gasteiger partial charge in [0, 0.05) is 12.5 Å². The van der Waals surface area contributed by atoms with Crippen molar-refractivity contribution in [3.63, 3.8) is 0 Å². The minimum atomic E-state index is -0.228. The number of nitrogens with zero attached hydrogens (tertiary/aromatic N) is 1. The van der Waals surface area contributed by atoms with E-state index in [2.05, 4.69) is 17.1 Å². The van der Waals surface area contributed by atoms with E-state index in [4.69, 9.17) is 0 Å². The van der Waals surface area contributed by atoms with Crippen molar-refractivity contribution < 1.29 is 4.39 Å². The molecule has 0 radical (unpaired) electrons. The fraction of sp³-hybridized carbons (Fsp3) is 0.0714. The molecule has 3 heteroatoms. The maximum Gasteiger partial charge on any atom is 0.125 e. The average Bonchev–Trinajstić information content (AvgIpc) is 2.71. The van der Waals surface area contributed by atoms with Crippen molar-refractivity contribution in [2.75, 3.05) is 0 Å². The molecule has 0 aliphatic rings. The minimum Gasteiger partial charge on any atom is -0.241 e. The third kappa shape index (κ3) is 2.19. The molecule has 3 aromatic rings. The summed E-state index contributed by atoms with van der Waals surface area (Å²) in [5.74, 6) is -0.228. The van der Waals surface area contributed by atoms with Crippen molar-refractivity contribution in [2.24, 2.45) is 0 Å². The molecule has 1 aromatic heterocycles. The second kappa shape index (κ2) is 4.26. The molecule has 0 saturated heterocycles. The Kier molecular flexibility index (Phi) is 2.61. The second-order valence-electron chi connectivity index (χ2n) is 3.88. The molecular weight excluding hydrogens is 233 g/mol. The molecule has 0 amide bonds. The highest BCUT2D eigenvalue weighted by Gasteiger charge is 2.05. The quantitative estimate of drug-likeness (QED) is 0.662. The van der Waals surface area contributed by atoms with E-state index in [0.717, 1.165) is 21.6 Å². The van der Waals surface area contributed by atoms with E-state index < -0.39 is 0 Å². The number of halogens is 1. The van der Waals surface area contributed by atoms with Crippen LogP contribution >= 0.6 is 11.3 Å². The molecule has 0 atom stereocenters. The first-order chi connectivity index (χ1) is 8.31. The van der Waals surface area contributed by atoms with Crippen LogP contribution in [0.15, 0.2) is 48.5 Å². The van der Waals surface area contributed by atoms with Gasteiger partial charge in [-0.2, -0.15) is 0 Å². The van der Waals surface area contributed by atoms with Crippen molar-refractivity contribution in [1.82, 2.24) is 4.98 Å². The smallest absolute Gasteiger partial charge is 0.125 e. The summed E-state index contributed by atoms with van der Waals surface area (Å²) in [4.78, 5) is 4.45. The molecule has 0 saturated carbocycles. The van der Waals surface area contributed by atoms with Crippen LogP contribution in [0, 0.1) is 5.82 Å². The van der Waals surface area contributed by atoms with Crippen molar-refractivity contribution in [3.8, 4) is 0 Å². The van der Waals surface area contributed by atoms with Gasteiger partial charge in [0.25, 0.3) is 0 Å². The summed E-state index contributed by atoms with van der Waals surface area (Å²) >= 11 is 1.62. The monoisotopic (exact) mass is 243 g/mol. The van der Waals surface area contributed by atoms with Gasteiger partial charge < -0.3 is 0 Å². The molecule has 0 fully saturated rings. The van der Waals surface area contributed by atoms with Crippen LogP contribution in [0.1, 0.15) is 10.6 Å². The lowest BCUT2D eigenvalue weighted by Gasteiger charge is -1.95. The summed E-state index contributed by atoms with van der Waals surface area (Å²) in [5.41, 5.74) is 1.98. The van der Waals surface area contributed by atoms with Gasteiger partial charge in [-0.25, -0.2) is 9.37 Å². The molecule has 17 heavy (non-hydrogen) atoms. The van der Waals surface area contributed by atoms with Gasteiger partial charge in [0.2, 0.25) is 0 Å². The van der Waals surface area contributed by atoms with Crippen molar-refractivity contribution in [1.29, 1.82) is 0 Å². The van der Waals surface area contributed by atoms with E-state index >= 15 is 0 Å². The molecular formula is C14H10FNS. The fourth-order valence-electron chi connectivity index (χ4n) is 1.79. The first-order valence-electron chi connectivity index (χ1n) is 5.40. The van der Waals surface area contributed by atoms with E-state index in [0.29, 0.717) is 0 Å². The molecule has 0 spiro atoms. The van der Waals surface area contributed by atoms with Gasteiger partial charge in [-0.15, -0.1) is 11.3 Å². The zero-order chi connectivity index (χ0) is 11.7. The Morgan fingerprint density at radius 2 is 1.88 bits per heavy atom. The van der Waals surface area contributed by atoms with Gasteiger partial charge in [-0.3, -0.25) is 0 Å². The van der Waals surface area contributed by atoms with Gasteiger partial charge in [-0.05, 0) is 17.7 Å². The fourth-order valence-corrected chi connectivity index (χ4v) is 2.78. The Morgan fingerprint density at radius 1 is 1.06 bits per heavy atom. The Hall–Kier alpha value is -1.74. The first-order valence-corrected chi connectivity index (χ1v) is 6.22. The highest BCUT2D eigenvalue weighted by Crippen LogP contribution is 2.24. The lowest BCUT2D eigenvalue weighted by molar-refractivity contribution is 0.629. The number of aromatic nitrogens is 1. The van der Waals surface area contributed by atoms with E-state index in [1.54, 1.807) is 17.4 Å². The highest BCUT2D eigenvalue weighted by molar-refractivity contribution is 7.18. The number of thiazole rings is 1. The summed E-state index contributed by atoms with van der Waals surface area (Å²) < 4.78 is 14.1. The number of hydrogen-bond acceptors (Lipinski definition) is 2. The molecule has 0 N–H and O–H groups in total. The largest absolute Gasteiger partial charge is 0.241 e. The lowest BCUT2D eigenvalue weighted by Crippen LogP contribution is -1.85. The molecule has 3 rings (SSSR count). The topological polar surface area (TPSA) is 12.9 Å². The summed E-state index contributed by atoms with van der Waals surface area (Å²) in [5, 5.41) is 1.02. The van der Waals surface area contributed by atoms with Crippen LogP contribution in [0.25, 0.3) is 10.2 Å². The van der Waals surface area contributed by atoms with Gasteiger partial charge in [0.15, 0.2) is 0 Å². The van der Waals surface area contributed by atoms with Crippen LogP contribution in [-0.2, 0) is 6.42 Å². The van der Waals surface area contributed by atoms with Gasteiger partial charge in [-0.1, -0.05) is 30.3 Å². The maximum absolute atomic E-state index is 13.0. The lowest BCUT2D eigenvalue weighted by atomic mass is 10.2. The third-order valence-corrected chi connectivity index (χ3v) is 3.63. The van der Waals surface area contributed by atoms with Gasteiger partial charge >= 0.3 is 0 Å². The second-order valence-corrected chi connectivity index (χ2v) is 5.00. The normalized spacial score (nSPS) is 10.9. The van der Waals surface area contributed by atoms with E-state index in [-0.39, 0.29) is 5.82 Å². The zero-order valence-corrected chi connectivity index (χ0v) is 9.88. The van der Waals surface area contributed by atoms with E-state index in [1.165, 1.54) is 17.7 Å². The third-order valence-electron chi connectivity index (χ3n) is 2.59. The Bertz CT molecular complexity index is 646. The summed E-state index contributed by atoms with van der Waals surface area (Å²) in [6, 6.07) is 14.9. The molecule has 0 aliphatic carbocycles. The summed E-state index contributed by atoms with van der Waals surface area (Å²) in [7, 11) is 0. The molecule has 0 unspecified atom stereocenters. The van der Waals surface area contributed by atoms with E-state index in [1.807, 2.05) is 18.2 Å². The molecule has 84 valence electrons. The van der Waals surface area contributed by atoms with Crippen molar-refractivity contribution in [2.45, 2.75) is 6.42 Å². The average molecular weight is 243 g/mol. The first kappa shape index (κ1) is 10.4. The SMILES string of the molecule is Fc1ccc2sc(Cc3ccccc3)nc2c1. The van der Waals surface area contributed by atoms with Crippen molar-refractivity contribution in [3.05, 3.63) is 64.9 Å². The number of fused-ring (bicyclic) bond motifs is 1.